The number of nitrogens with one attached hydrogen (secondary N) is 1. The fourth-order valence-corrected chi connectivity index (χ4v) is 4.36. The molecule has 0 saturated carbocycles. The van der Waals surface area contributed by atoms with Crippen LogP contribution in [0.5, 0.6) is 0 Å². The van der Waals surface area contributed by atoms with Crippen LogP contribution < -0.4 is 5.32 Å². The molecule has 0 radical (unpaired) electrons. The molecule has 3 aromatic rings. The van der Waals surface area contributed by atoms with Crippen LogP contribution in [0.4, 0.5) is 19.1 Å². The summed E-state index contributed by atoms with van der Waals surface area (Å²) >= 11 is 0. The largest absolute Gasteiger partial charge is 0.416 e. The molecule has 0 unspecified atom stereocenters. The van der Waals surface area contributed by atoms with Crippen molar-refractivity contribution in [1.82, 2.24) is 14.5 Å². The Morgan fingerprint density at radius 2 is 2.06 bits per heavy atom. The minimum Gasteiger partial charge on any atom is -0.380 e. The van der Waals surface area contributed by atoms with Gasteiger partial charge in [-0.3, -0.25) is 14.9 Å². The van der Waals surface area contributed by atoms with Crippen LogP contribution in [0.15, 0.2) is 55.1 Å². The van der Waals surface area contributed by atoms with E-state index >= 15 is 0 Å². The van der Waals surface area contributed by atoms with E-state index < -0.39 is 17.6 Å². The number of benzene rings is 2. The SMILES string of the molecule is C=CC(=O)N1CCC[C@@H](n2c(NC(=O)c3cccc(C(F)(F)F)c3)nc3cc(COC)ccc32)C1. The molecule has 1 atom stereocenters. The van der Waals surface area contributed by atoms with Crippen molar-refractivity contribution in [2.24, 2.45) is 0 Å². The average molecular weight is 486 g/mol. The lowest BCUT2D eigenvalue weighted by atomic mass is 10.0. The number of methoxy groups -OCH3 is 1. The Morgan fingerprint density at radius 1 is 1.26 bits per heavy atom. The fraction of sp³-hybridized carbons (Fsp3) is 0.320. The van der Waals surface area contributed by atoms with Gasteiger partial charge in [0.1, 0.15) is 0 Å². The number of halogens is 3. The van der Waals surface area contributed by atoms with Crippen LogP contribution in [0.1, 0.15) is 40.4 Å². The van der Waals surface area contributed by atoms with Crippen molar-refractivity contribution in [3.05, 3.63) is 71.8 Å². The summed E-state index contributed by atoms with van der Waals surface area (Å²) in [5, 5.41) is 2.69. The number of imidazole rings is 1. The first-order valence-electron chi connectivity index (χ1n) is 11.1. The molecular weight excluding hydrogens is 461 g/mol. The van der Waals surface area contributed by atoms with Gasteiger partial charge >= 0.3 is 6.18 Å². The van der Waals surface area contributed by atoms with Crippen LogP contribution in [0.2, 0.25) is 0 Å². The van der Waals surface area contributed by atoms with Crippen molar-refractivity contribution in [3.8, 4) is 0 Å². The highest BCUT2D eigenvalue weighted by Crippen LogP contribution is 2.32. The Hall–Kier alpha value is -3.66. The Balaban J connectivity index is 1.73. The molecule has 2 amide bonds. The maximum atomic E-state index is 13.1. The molecular formula is C25H25F3N4O3. The number of anilines is 1. The van der Waals surface area contributed by atoms with Crippen LogP contribution in [0.3, 0.4) is 0 Å². The van der Waals surface area contributed by atoms with Gasteiger partial charge in [0.2, 0.25) is 11.9 Å². The number of amides is 2. The number of likely N-dealkylation sites (tertiary alicyclic amines) is 1. The lowest BCUT2D eigenvalue weighted by Gasteiger charge is -2.33. The van der Waals surface area contributed by atoms with E-state index in [1.54, 1.807) is 12.0 Å². The van der Waals surface area contributed by atoms with Crippen LogP contribution in [0.25, 0.3) is 11.0 Å². The molecule has 2 aromatic carbocycles. The number of aromatic nitrogens is 2. The Bertz CT molecular complexity index is 1270. The van der Waals surface area contributed by atoms with E-state index in [0.717, 1.165) is 36.1 Å². The third kappa shape index (κ3) is 5.22. The number of carbonyl (C=O) groups is 2. The third-order valence-electron chi connectivity index (χ3n) is 5.99. The molecule has 4 rings (SSSR count). The summed E-state index contributed by atoms with van der Waals surface area (Å²) in [6.07, 6.45) is -1.82. The number of hydrogen-bond donors (Lipinski definition) is 1. The molecule has 10 heteroatoms. The highest BCUT2D eigenvalue weighted by molar-refractivity contribution is 6.04. The normalized spacial score (nSPS) is 16.3. The number of fused-ring (bicyclic) bond motifs is 1. The fourth-order valence-electron chi connectivity index (χ4n) is 4.36. The molecule has 2 heterocycles. The summed E-state index contributed by atoms with van der Waals surface area (Å²) < 4.78 is 46.5. The molecule has 1 N–H and O–H groups in total. The first kappa shape index (κ1) is 24.5. The first-order valence-corrected chi connectivity index (χ1v) is 11.1. The maximum Gasteiger partial charge on any atom is 0.416 e. The van der Waals surface area contributed by atoms with Gasteiger partial charge in [-0.05, 0) is 54.8 Å². The van der Waals surface area contributed by atoms with E-state index in [9.17, 15) is 22.8 Å². The van der Waals surface area contributed by atoms with E-state index in [0.29, 0.717) is 25.2 Å². The van der Waals surface area contributed by atoms with Gasteiger partial charge in [-0.1, -0.05) is 18.7 Å². The van der Waals surface area contributed by atoms with Gasteiger partial charge in [-0.2, -0.15) is 13.2 Å². The summed E-state index contributed by atoms with van der Waals surface area (Å²) in [6, 6.07) is 9.63. The third-order valence-corrected chi connectivity index (χ3v) is 5.99. The monoisotopic (exact) mass is 486 g/mol. The molecule has 1 aliphatic rings. The highest BCUT2D eigenvalue weighted by Gasteiger charge is 2.31. The van der Waals surface area contributed by atoms with Crippen LogP contribution in [0, 0.1) is 0 Å². The molecule has 1 aromatic heterocycles. The standard InChI is InChI=1S/C25H25F3N4O3/c1-3-22(33)31-11-5-8-19(14-31)32-21-10-9-16(15-35-2)12-20(21)29-24(32)30-23(34)17-6-4-7-18(13-17)25(26,27)28/h3-4,6-7,9-10,12-13,19H,1,5,8,11,14-15H2,2H3,(H,29,30,34)/t19-/m1/s1. The van der Waals surface area contributed by atoms with Crippen molar-refractivity contribution >= 4 is 28.8 Å². The molecule has 1 saturated heterocycles. The molecule has 1 aliphatic heterocycles. The Labute approximate surface area is 200 Å². The number of carbonyl (C=O) groups excluding carboxylic acids is 2. The zero-order valence-electron chi connectivity index (χ0n) is 19.1. The Morgan fingerprint density at radius 3 is 2.77 bits per heavy atom. The second-order valence-corrected chi connectivity index (χ2v) is 8.38. The summed E-state index contributed by atoms with van der Waals surface area (Å²) in [6.45, 7) is 4.92. The quantitative estimate of drug-likeness (QED) is 0.508. The van der Waals surface area contributed by atoms with Crippen LogP contribution in [-0.2, 0) is 22.3 Å². The minimum absolute atomic E-state index is 0.134. The molecule has 0 aliphatic carbocycles. The maximum absolute atomic E-state index is 13.1. The molecule has 0 bridgehead atoms. The van der Waals surface area contributed by atoms with Crippen molar-refractivity contribution in [2.45, 2.75) is 31.7 Å². The molecule has 35 heavy (non-hydrogen) atoms. The summed E-state index contributed by atoms with van der Waals surface area (Å²) in [5.74, 6) is -0.689. The van der Waals surface area contributed by atoms with Gasteiger partial charge < -0.3 is 14.2 Å². The second-order valence-electron chi connectivity index (χ2n) is 8.38. The van der Waals surface area contributed by atoms with Crippen molar-refractivity contribution in [3.63, 3.8) is 0 Å². The topological polar surface area (TPSA) is 76.5 Å². The van der Waals surface area contributed by atoms with E-state index in [2.05, 4.69) is 16.9 Å². The van der Waals surface area contributed by atoms with Gasteiger partial charge in [-0.15, -0.1) is 0 Å². The first-order chi connectivity index (χ1) is 16.7. The molecule has 7 nitrogen and oxygen atoms in total. The van der Waals surface area contributed by atoms with E-state index in [-0.39, 0.29) is 23.5 Å². The minimum atomic E-state index is -4.57. The summed E-state index contributed by atoms with van der Waals surface area (Å²) in [4.78, 5) is 31.5. The van der Waals surface area contributed by atoms with E-state index in [4.69, 9.17) is 4.74 Å². The highest BCUT2D eigenvalue weighted by atomic mass is 19.4. The number of hydrogen-bond acceptors (Lipinski definition) is 4. The zero-order valence-corrected chi connectivity index (χ0v) is 19.1. The molecule has 1 fully saturated rings. The van der Waals surface area contributed by atoms with Gasteiger partial charge in [0.15, 0.2) is 0 Å². The predicted molar refractivity (Wildman–Crippen MR) is 125 cm³/mol. The van der Waals surface area contributed by atoms with Crippen LogP contribution in [-0.4, -0.2) is 46.5 Å². The smallest absolute Gasteiger partial charge is 0.380 e. The van der Waals surface area contributed by atoms with Gasteiger partial charge in [-0.25, -0.2) is 4.98 Å². The molecule has 184 valence electrons. The van der Waals surface area contributed by atoms with Crippen molar-refractivity contribution in [2.75, 3.05) is 25.5 Å². The van der Waals surface area contributed by atoms with Gasteiger partial charge in [0.25, 0.3) is 5.91 Å². The summed E-state index contributed by atoms with van der Waals surface area (Å²) in [7, 11) is 1.58. The van der Waals surface area contributed by atoms with Crippen LogP contribution >= 0.6 is 0 Å². The lowest BCUT2D eigenvalue weighted by Crippen LogP contribution is -2.40. The zero-order chi connectivity index (χ0) is 25.2. The van der Waals surface area contributed by atoms with Crippen molar-refractivity contribution < 1.29 is 27.5 Å². The predicted octanol–water partition coefficient (Wildman–Crippen LogP) is 4.80. The van der Waals surface area contributed by atoms with E-state index in [1.807, 2.05) is 22.8 Å². The number of rotatable bonds is 6. The number of ether oxygens (including phenoxy) is 1. The average Bonchev–Trinajstić information content (AvgIpc) is 3.20. The van der Waals surface area contributed by atoms with Gasteiger partial charge in [0.05, 0.1) is 29.2 Å². The number of nitrogens with zero attached hydrogens (tertiary/aromatic N) is 3. The van der Waals surface area contributed by atoms with Gasteiger partial charge in [0, 0.05) is 25.8 Å². The Kier molecular flexibility index (Phi) is 6.93. The van der Waals surface area contributed by atoms with Crippen molar-refractivity contribution in [1.29, 1.82) is 0 Å². The number of alkyl halides is 3. The summed E-state index contributed by atoms with van der Waals surface area (Å²) in [5.41, 5.74) is 1.18. The lowest BCUT2D eigenvalue weighted by molar-refractivity contribution is -0.137. The molecule has 0 spiro atoms. The van der Waals surface area contributed by atoms with E-state index in [1.165, 1.54) is 18.2 Å². The second kappa shape index (κ2) is 9.91. The number of piperidine rings is 1.